The highest BCUT2D eigenvalue weighted by Crippen LogP contribution is 2.17. The Hall–Kier alpha value is -1.42. The van der Waals surface area contributed by atoms with Gasteiger partial charge in [0.25, 0.3) is 0 Å². The fraction of sp³-hybridized carbons (Fsp3) is 0.300. The van der Waals surface area contributed by atoms with E-state index < -0.39 is 10.0 Å². The average Bonchev–Trinajstić information content (AvgIpc) is 2.26. The quantitative estimate of drug-likeness (QED) is 0.779. The Bertz CT molecular complexity index is 517. The first-order valence-corrected chi connectivity index (χ1v) is 6.20. The van der Waals surface area contributed by atoms with Crippen molar-refractivity contribution in [1.29, 1.82) is 5.26 Å². The zero-order chi connectivity index (χ0) is 12.2. The topological polar surface area (TPSA) is 96.0 Å². The van der Waals surface area contributed by atoms with Crippen molar-refractivity contribution in [3.05, 3.63) is 29.3 Å². The molecule has 1 aromatic rings. The van der Waals surface area contributed by atoms with E-state index in [1.54, 1.807) is 19.1 Å². The number of hydrogen-bond donors (Lipinski definition) is 2. The molecule has 3 N–H and O–H groups in total. The number of rotatable bonds is 4. The molecule has 0 spiro atoms. The summed E-state index contributed by atoms with van der Waals surface area (Å²) in [6.07, 6.45) is 0. The largest absolute Gasteiger partial charge is 0.329 e. The van der Waals surface area contributed by atoms with Crippen LogP contribution in [0.2, 0.25) is 0 Å². The molecule has 0 aliphatic heterocycles. The molecule has 1 rings (SSSR count). The molecule has 0 heterocycles. The lowest BCUT2D eigenvalue weighted by atomic mass is 10.1. The van der Waals surface area contributed by atoms with Crippen LogP contribution in [0.5, 0.6) is 0 Å². The summed E-state index contributed by atoms with van der Waals surface area (Å²) in [6, 6.07) is 6.60. The molecular weight excluding hydrogens is 226 g/mol. The van der Waals surface area contributed by atoms with Crippen molar-refractivity contribution in [1.82, 2.24) is 4.72 Å². The maximum absolute atomic E-state index is 11.8. The standard InChI is InChI=1S/C10H13N3O2S/c1-8-3-2-4-10(9(8)7-12)16(14,15)13-6-5-11/h2-4,13H,5-6,11H2,1H3. The molecule has 86 valence electrons. The minimum atomic E-state index is -3.64. The van der Waals surface area contributed by atoms with Crippen LogP contribution in [0.1, 0.15) is 11.1 Å². The predicted molar refractivity (Wildman–Crippen MR) is 60.1 cm³/mol. The molecule has 0 fully saturated rings. The van der Waals surface area contributed by atoms with E-state index in [-0.39, 0.29) is 23.5 Å². The van der Waals surface area contributed by atoms with Crippen LogP contribution in [-0.4, -0.2) is 21.5 Å². The molecule has 0 amide bonds. The number of nitrogens with zero attached hydrogens (tertiary/aromatic N) is 1. The van der Waals surface area contributed by atoms with E-state index in [1.165, 1.54) is 6.07 Å². The van der Waals surface area contributed by atoms with Crippen LogP contribution in [-0.2, 0) is 10.0 Å². The van der Waals surface area contributed by atoms with Crippen LogP contribution < -0.4 is 10.5 Å². The third-order valence-corrected chi connectivity index (χ3v) is 3.58. The molecule has 0 radical (unpaired) electrons. The van der Waals surface area contributed by atoms with Gasteiger partial charge in [0.05, 0.1) is 10.5 Å². The number of nitrogens with one attached hydrogen (secondary N) is 1. The van der Waals surface area contributed by atoms with Gasteiger partial charge in [0, 0.05) is 13.1 Å². The molecule has 6 heteroatoms. The molecule has 0 bridgehead atoms. The average molecular weight is 239 g/mol. The van der Waals surface area contributed by atoms with Crippen LogP contribution in [0.15, 0.2) is 23.1 Å². The first kappa shape index (κ1) is 12.6. The fourth-order valence-electron chi connectivity index (χ4n) is 1.28. The lowest BCUT2D eigenvalue weighted by Gasteiger charge is -2.08. The lowest BCUT2D eigenvalue weighted by Crippen LogP contribution is -2.29. The SMILES string of the molecule is Cc1cccc(S(=O)(=O)NCCN)c1C#N. The molecule has 0 atom stereocenters. The molecule has 1 aromatic carbocycles. The third kappa shape index (κ3) is 2.58. The number of aryl methyl sites for hydroxylation is 1. The summed E-state index contributed by atoms with van der Waals surface area (Å²) in [5, 5.41) is 8.92. The Kier molecular flexibility index (Phi) is 4.01. The number of nitrogens with two attached hydrogens (primary N) is 1. The van der Waals surface area contributed by atoms with Crippen LogP contribution in [0.4, 0.5) is 0 Å². The van der Waals surface area contributed by atoms with Gasteiger partial charge < -0.3 is 5.73 Å². The van der Waals surface area contributed by atoms with Crippen molar-refractivity contribution in [2.75, 3.05) is 13.1 Å². The van der Waals surface area contributed by atoms with Gasteiger partial charge >= 0.3 is 0 Å². The Morgan fingerprint density at radius 2 is 2.19 bits per heavy atom. The van der Waals surface area contributed by atoms with Crippen molar-refractivity contribution in [2.24, 2.45) is 5.73 Å². The second-order valence-electron chi connectivity index (χ2n) is 3.25. The van der Waals surface area contributed by atoms with Crippen molar-refractivity contribution < 1.29 is 8.42 Å². The van der Waals surface area contributed by atoms with E-state index in [0.717, 1.165) is 0 Å². The summed E-state index contributed by atoms with van der Waals surface area (Å²) in [4.78, 5) is 0.00319. The Balaban J connectivity index is 3.24. The van der Waals surface area contributed by atoms with Crippen LogP contribution in [0.3, 0.4) is 0 Å². The highest BCUT2D eigenvalue weighted by Gasteiger charge is 2.18. The van der Waals surface area contributed by atoms with Gasteiger partial charge in [-0.2, -0.15) is 5.26 Å². The van der Waals surface area contributed by atoms with Gasteiger partial charge in [0.1, 0.15) is 6.07 Å². The fourth-order valence-corrected chi connectivity index (χ4v) is 2.55. The van der Waals surface area contributed by atoms with Gasteiger partial charge in [-0.3, -0.25) is 0 Å². The highest BCUT2D eigenvalue weighted by atomic mass is 32.2. The van der Waals surface area contributed by atoms with Gasteiger partial charge in [-0.05, 0) is 18.6 Å². The molecule has 0 aliphatic rings. The summed E-state index contributed by atoms with van der Waals surface area (Å²) in [6.45, 7) is 2.06. The van der Waals surface area contributed by atoms with E-state index in [2.05, 4.69) is 4.72 Å². The zero-order valence-electron chi connectivity index (χ0n) is 8.90. The highest BCUT2D eigenvalue weighted by molar-refractivity contribution is 7.89. The van der Waals surface area contributed by atoms with Gasteiger partial charge in [-0.15, -0.1) is 0 Å². The minimum absolute atomic E-state index is 0.00319. The van der Waals surface area contributed by atoms with Gasteiger partial charge in [-0.1, -0.05) is 12.1 Å². The van der Waals surface area contributed by atoms with Crippen molar-refractivity contribution >= 4 is 10.0 Å². The molecular formula is C10H13N3O2S. The van der Waals surface area contributed by atoms with E-state index >= 15 is 0 Å². The number of benzene rings is 1. The van der Waals surface area contributed by atoms with Crippen molar-refractivity contribution in [3.8, 4) is 6.07 Å². The molecule has 0 aromatic heterocycles. The van der Waals surface area contributed by atoms with Crippen LogP contribution in [0, 0.1) is 18.3 Å². The molecule has 0 unspecified atom stereocenters. The van der Waals surface area contributed by atoms with Crippen molar-refractivity contribution in [2.45, 2.75) is 11.8 Å². The van der Waals surface area contributed by atoms with Crippen LogP contribution in [0.25, 0.3) is 0 Å². The van der Waals surface area contributed by atoms with E-state index in [4.69, 9.17) is 11.0 Å². The molecule has 0 saturated heterocycles. The van der Waals surface area contributed by atoms with Gasteiger partial charge in [-0.25, -0.2) is 13.1 Å². The number of hydrogen-bond acceptors (Lipinski definition) is 4. The second-order valence-corrected chi connectivity index (χ2v) is 4.98. The smallest absolute Gasteiger partial charge is 0.241 e. The van der Waals surface area contributed by atoms with E-state index in [9.17, 15) is 8.42 Å². The summed E-state index contributed by atoms with van der Waals surface area (Å²) in [7, 11) is -3.64. The minimum Gasteiger partial charge on any atom is -0.329 e. The van der Waals surface area contributed by atoms with E-state index in [0.29, 0.717) is 5.56 Å². The Morgan fingerprint density at radius 3 is 2.75 bits per heavy atom. The number of nitriles is 1. The lowest BCUT2D eigenvalue weighted by molar-refractivity contribution is 0.582. The molecule has 0 aliphatic carbocycles. The molecule has 16 heavy (non-hydrogen) atoms. The molecule has 5 nitrogen and oxygen atoms in total. The summed E-state index contributed by atoms with van der Waals surface area (Å²) in [5.41, 5.74) is 6.03. The van der Waals surface area contributed by atoms with Gasteiger partial charge in [0.2, 0.25) is 10.0 Å². The van der Waals surface area contributed by atoms with Crippen LogP contribution >= 0.6 is 0 Å². The second kappa shape index (κ2) is 5.07. The first-order chi connectivity index (χ1) is 7.53. The summed E-state index contributed by atoms with van der Waals surface area (Å²) >= 11 is 0. The summed E-state index contributed by atoms with van der Waals surface area (Å²) in [5.74, 6) is 0. The van der Waals surface area contributed by atoms with Crippen molar-refractivity contribution in [3.63, 3.8) is 0 Å². The Labute approximate surface area is 94.9 Å². The normalized spacial score (nSPS) is 11.1. The maximum Gasteiger partial charge on any atom is 0.241 e. The maximum atomic E-state index is 11.8. The Morgan fingerprint density at radius 1 is 1.50 bits per heavy atom. The summed E-state index contributed by atoms with van der Waals surface area (Å²) < 4.78 is 25.9. The first-order valence-electron chi connectivity index (χ1n) is 4.72. The number of sulfonamides is 1. The van der Waals surface area contributed by atoms with Gasteiger partial charge in [0.15, 0.2) is 0 Å². The van der Waals surface area contributed by atoms with E-state index in [1.807, 2.05) is 6.07 Å². The monoisotopic (exact) mass is 239 g/mol. The molecule has 0 saturated carbocycles. The zero-order valence-corrected chi connectivity index (χ0v) is 9.71. The predicted octanol–water partition coefficient (Wildman–Crippen LogP) is 0.104. The third-order valence-electron chi connectivity index (χ3n) is 2.07.